The average molecular weight is 225 g/mol. The summed E-state index contributed by atoms with van der Waals surface area (Å²) in [5.41, 5.74) is 0. The van der Waals surface area contributed by atoms with Crippen LogP contribution in [0.5, 0.6) is 0 Å². The molecule has 0 aliphatic carbocycles. The Kier molecular flexibility index (Phi) is 8.86. The van der Waals surface area contributed by atoms with Gasteiger partial charge in [0.1, 0.15) is 6.61 Å². The SMILES string of the molecule is [CH2]CCCCCCCCOCC(F)(F)F. The number of halogens is 3. The molecule has 0 bridgehead atoms. The van der Waals surface area contributed by atoms with Gasteiger partial charge in [0.25, 0.3) is 0 Å². The largest absolute Gasteiger partial charge is 0.411 e. The lowest BCUT2D eigenvalue weighted by Gasteiger charge is -2.07. The van der Waals surface area contributed by atoms with Gasteiger partial charge in [-0.05, 0) is 6.42 Å². The van der Waals surface area contributed by atoms with Crippen LogP contribution in [0.15, 0.2) is 0 Å². The lowest BCUT2D eigenvalue weighted by Crippen LogP contribution is -2.17. The summed E-state index contributed by atoms with van der Waals surface area (Å²) in [5.74, 6) is 0. The highest BCUT2D eigenvalue weighted by atomic mass is 19.4. The van der Waals surface area contributed by atoms with Gasteiger partial charge >= 0.3 is 6.18 Å². The third kappa shape index (κ3) is 13.8. The van der Waals surface area contributed by atoms with E-state index < -0.39 is 12.8 Å². The smallest absolute Gasteiger partial charge is 0.372 e. The standard InChI is InChI=1S/C11H20F3O/c1-2-3-4-5-6-7-8-9-15-10-11(12,13)14/h1-10H2. The van der Waals surface area contributed by atoms with Crippen LogP contribution in [0.4, 0.5) is 13.2 Å². The molecule has 0 aromatic carbocycles. The van der Waals surface area contributed by atoms with Gasteiger partial charge in [-0.3, -0.25) is 0 Å². The molecule has 0 aromatic rings. The molecule has 0 N–H and O–H groups in total. The maximum absolute atomic E-state index is 11.6. The van der Waals surface area contributed by atoms with Crippen molar-refractivity contribution in [2.75, 3.05) is 13.2 Å². The van der Waals surface area contributed by atoms with Crippen LogP contribution < -0.4 is 0 Å². The monoisotopic (exact) mass is 225 g/mol. The molecule has 0 atom stereocenters. The fraction of sp³-hybridized carbons (Fsp3) is 0.909. The highest BCUT2D eigenvalue weighted by Gasteiger charge is 2.26. The van der Waals surface area contributed by atoms with Crippen molar-refractivity contribution >= 4 is 0 Å². The van der Waals surface area contributed by atoms with Gasteiger partial charge in [-0.2, -0.15) is 13.2 Å². The fourth-order valence-electron chi connectivity index (χ4n) is 1.28. The number of ether oxygens (including phenoxy) is 1. The molecule has 0 spiro atoms. The predicted octanol–water partition coefficient (Wildman–Crippen LogP) is 4.13. The molecule has 4 heteroatoms. The van der Waals surface area contributed by atoms with Gasteiger partial charge in [0.05, 0.1) is 0 Å². The molecule has 0 rings (SSSR count). The van der Waals surface area contributed by atoms with Gasteiger partial charge in [-0.25, -0.2) is 0 Å². The summed E-state index contributed by atoms with van der Waals surface area (Å²) in [6.45, 7) is 2.84. The van der Waals surface area contributed by atoms with E-state index in [9.17, 15) is 13.2 Å². The summed E-state index contributed by atoms with van der Waals surface area (Å²) in [7, 11) is 0. The third-order valence-corrected chi connectivity index (χ3v) is 2.05. The molecule has 0 amide bonds. The van der Waals surface area contributed by atoms with Crippen molar-refractivity contribution in [2.24, 2.45) is 0 Å². The molecule has 0 aliphatic heterocycles. The minimum atomic E-state index is -4.19. The van der Waals surface area contributed by atoms with Crippen molar-refractivity contribution in [3.8, 4) is 0 Å². The Balaban J connectivity index is 2.99. The zero-order valence-corrected chi connectivity index (χ0v) is 9.11. The van der Waals surface area contributed by atoms with Gasteiger partial charge in [-0.15, -0.1) is 0 Å². The Hall–Kier alpha value is -0.250. The summed E-state index contributed by atoms with van der Waals surface area (Å²) in [5, 5.41) is 0. The van der Waals surface area contributed by atoms with E-state index in [-0.39, 0.29) is 6.61 Å². The highest BCUT2D eigenvalue weighted by molar-refractivity contribution is 4.48. The molecule has 0 aliphatic rings. The average Bonchev–Trinajstić information content (AvgIpc) is 2.14. The summed E-state index contributed by atoms with van der Waals surface area (Å²) in [6.07, 6.45) is 3.00. The molecular weight excluding hydrogens is 205 g/mol. The van der Waals surface area contributed by atoms with E-state index in [0.29, 0.717) is 0 Å². The van der Waals surface area contributed by atoms with Gasteiger partial charge in [0.2, 0.25) is 0 Å². The van der Waals surface area contributed by atoms with E-state index in [4.69, 9.17) is 0 Å². The molecule has 0 saturated heterocycles. The van der Waals surface area contributed by atoms with Crippen molar-refractivity contribution in [1.29, 1.82) is 0 Å². The van der Waals surface area contributed by atoms with Crippen LogP contribution >= 0.6 is 0 Å². The van der Waals surface area contributed by atoms with Crippen LogP contribution in [0, 0.1) is 6.92 Å². The first-order chi connectivity index (χ1) is 7.06. The van der Waals surface area contributed by atoms with Gasteiger partial charge in [0.15, 0.2) is 0 Å². The summed E-state index contributed by atoms with van der Waals surface area (Å²) in [4.78, 5) is 0. The summed E-state index contributed by atoms with van der Waals surface area (Å²) < 4.78 is 39.4. The van der Waals surface area contributed by atoms with Crippen LogP contribution in [0.3, 0.4) is 0 Å². The molecule has 1 nitrogen and oxygen atoms in total. The Morgan fingerprint density at radius 2 is 1.40 bits per heavy atom. The summed E-state index contributed by atoms with van der Waals surface area (Å²) in [6, 6.07) is 0. The summed E-state index contributed by atoms with van der Waals surface area (Å²) >= 11 is 0. The van der Waals surface area contributed by atoms with Gasteiger partial charge < -0.3 is 4.74 Å². The first kappa shape index (κ1) is 14.8. The lowest BCUT2D eigenvalue weighted by atomic mass is 10.1. The van der Waals surface area contributed by atoms with E-state index in [0.717, 1.165) is 38.5 Å². The molecule has 91 valence electrons. The first-order valence-corrected chi connectivity index (χ1v) is 5.50. The molecule has 0 saturated carbocycles. The van der Waals surface area contributed by atoms with E-state index in [2.05, 4.69) is 11.7 Å². The maximum Gasteiger partial charge on any atom is 0.411 e. The van der Waals surface area contributed by atoms with Crippen molar-refractivity contribution < 1.29 is 17.9 Å². The maximum atomic E-state index is 11.6. The van der Waals surface area contributed by atoms with Crippen LogP contribution in [0.2, 0.25) is 0 Å². The molecule has 0 unspecified atom stereocenters. The van der Waals surface area contributed by atoms with E-state index >= 15 is 0 Å². The van der Waals surface area contributed by atoms with Crippen LogP contribution in [0.1, 0.15) is 44.9 Å². The Bertz CT molecular complexity index is 134. The topological polar surface area (TPSA) is 9.23 Å². The number of alkyl halides is 3. The van der Waals surface area contributed by atoms with Crippen molar-refractivity contribution in [1.82, 2.24) is 0 Å². The minimum Gasteiger partial charge on any atom is -0.372 e. The second-order valence-corrected chi connectivity index (χ2v) is 3.64. The number of rotatable bonds is 9. The van der Waals surface area contributed by atoms with Crippen molar-refractivity contribution in [2.45, 2.75) is 51.1 Å². The second-order valence-electron chi connectivity index (χ2n) is 3.64. The van der Waals surface area contributed by atoms with Gasteiger partial charge in [-0.1, -0.05) is 45.4 Å². The van der Waals surface area contributed by atoms with Crippen LogP contribution in [-0.2, 0) is 4.74 Å². The molecular formula is C11H20F3O. The van der Waals surface area contributed by atoms with Crippen molar-refractivity contribution in [3.63, 3.8) is 0 Å². The van der Waals surface area contributed by atoms with Crippen LogP contribution in [0.25, 0.3) is 0 Å². The van der Waals surface area contributed by atoms with E-state index in [1.807, 2.05) is 0 Å². The van der Waals surface area contributed by atoms with Crippen molar-refractivity contribution in [3.05, 3.63) is 6.92 Å². The normalized spacial score (nSPS) is 12.0. The lowest BCUT2D eigenvalue weighted by molar-refractivity contribution is -0.174. The second kappa shape index (κ2) is 9.01. The number of hydrogen-bond acceptors (Lipinski definition) is 1. The van der Waals surface area contributed by atoms with E-state index in [1.165, 1.54) is 6.42 Å². The quantitative estimate of drug-likeness (QED) is 0.536. The Morgan fingerprint density at radius 3 is 1.93 bits per heavy atom. The molecule has 1 radical (unpaired) electrons. The predicted molar refractivity (Wildman–Crippen MR) is 54.6 cm³/mol. The zero-order chi connectivity index (χ0) is 11.6. The fourth-order valence-corrected chi connectivity index (χ4v) is 1.28. The van der Waals surface area contributed by atoms with E-state index in [1.54, 1.807) is 0 Å². The Morgan fingerprint density at radius 1 is 0.867 bits per heavy atom. The minimum absolute atomic E-state index is 0.217. The number of unbranched alkanes of at least 4 members (excludes halogenated alkanes) is 6. The molecule has 0 fully saturated rings. The number of hydrogen-bond donors (Lipinski definition) is 0. The molecule has 0 heterocycles. The highest BCUT2D eigenvalue weighted by Crippen LogP contribution is 2.14. The van der Waals surface area contributed by atoms with Crippen LogP contribution in [-0.4, -0.2) is 19.4 Å². The first-order valence-electron chi connectivity index (χ1n) is 5.50. The third-order valence-electron chi connectivity index (χ3n) is 2.05. The van der Waals surface area contributed by atoms with Gasteiger partial charge in [0, 0.05) is 6.61 Å². The Labute approximate surface area is 90.0 Å². The zero-order valence-electron chi connectivity index (χ0n) is 9.11. The molecule has 0 aromatic heterocycles. The molecule has 15 heavy (non-hydrogen) atoms.